The average Bonchev–Trinajstić information content (AvgIpc) is 2.90. The van der Waals surface area contributed by atoms with Crippen LogP contribution in [0.2, 0.25) is 0 Å². The monoisotopic (exact) mass is 273 g/mol. The molecule has 0 radical (unpaired) electrons. The Hall–Kier alpha value is -2.11. The van der Waals surface area contributed by atoms with Crippen LogP contribution in [0.5, 0.6) is 0 Å². The zero-order chi connectivity index (χ0) is 14.2. The van der Waals surface area contributed by atoms with Gasteiger partial charge >= 0.3 is 0 Å². The Labute approximate surface area is 117 Å². The summed E-state index contributed by atoms with van der Waals surface area (Å²) in [6, 6.07) is 2.18. The lowest BCUT2D eigenvalue weighted by molar-refractivity contribution is -0.124. The number of rotatable bonds is 3. The van der Waals surface area contributed by atoms with Gasteiger partial charge in [0, 0.05) is 24.3 Å². The van der Waals surface area contributed by atoms with E-state index in [1.165, 1.54) is 0 Å². The van der Waals surface area contributed by atoms with Crippen LogP contribution in [0, 0.1) is 0 Å². The van der Waals surface area contributed by atoms with E-state index in [9.17, 15) is 4.79 Å². The van der Waals surface area contributed by atoms with Gasteiger partial charge in [0.05, 0.1) is 5.39 Å². The Morgan fingerprint density at radius 2 is 2.35 bits per heavy atom. The molecule has 6 heteroatoms. The third kappa shape index (κ3) is 2.21. The molecule has 1 unspecified atom stereocenters. The van der Waals surface area contributed by atoms with Gasteiger partial charge in [-0.05, 0) is 32.8 Å². The van der Waals surface area contributed by atoms with E-state index in [-0.39, 0.29) is 11.6 Å². The third-order valence-electron chi connectivity index (χ3n) is 4.12. The van der Waals surface area contributed by atoms with E-state index in [1.54, 1.807) is 6.33 Å². The molecule has 2 N–H and O–H groups in total. The van der Waals surface area contributed by atoms with Crippen molar-refractivity contribution in [1.29, 1.82) is 0 Å². The third-order valence-corrected chi connectivity index (χ3v) is 4.12. The molecule has 20 heavy (non-hydrogen) atoms. The van der Waals surface area contributed by atoms with Crippen LogP contribution in [0.4, 0.5) is 5.82 Å². The quantitative estimate of drug-likeness (QED) is 0.836. The predicted octanol–water partition coefficient (Wildman–Crippen LogP) is 1.77. The molecule has 0 bridgehead atoms. The summed E-state index contributed by atoms with van der Waals surface area (Å²) in [4.78, 5) is 24.6. The van der Waals surface area contributed by atoms with E-state index < -0.39 is 0 Å². The molecule has 106 valence electrons. The summed E-state index contributed by atoms with van der Waals surface area (Å²) in [6.45, 7) is 4.91. The molecular weight excluding hydrogens is 254 g/mol. The van der Waals surface area contributed by atoms with Crippen LogP contribution in [-0.2, 0) is 4.79 Å². The van der Waals surface area contributed by atoms with E-state index in [2.05, 4.69) is 34.1 Å². The second-order valence-corrected chi connectivity index (χ2v) is 5.91. The maximum Gasteiger partial charge on any atom is 0.210 e. The van der Waals surface area contributed by atoms with Gasteiger partial charge in [0.15, 0.2) is 0 Å². The molecule has 1 saturated heterocycles. The number of carbonyl (C=O) groups excluding carboxylic acids is 1. The standard InChI is InChI=1S/C14H19N5O/c1-14(2)5-3-10(7-19(14)9-20)18-13-11-4-6-15-12(11)16-8-17-13/h4,6,8-10H,3,5,7H2,1-2H3,(H2,15,16,17,18). The Morgan fingerprint density at radius 3 is 3.15 bits per heavy atom. The van der Waals surface area contributed by atoms with E-state index in [1.807, 2.05) is 17.2 Å². The predicted molar refractivity (Wildman–Crippen MR) is 77.4 cm³/mol. The number of amides is 1. The van der Waals surface area contributed by atoms with E-state index in [0.717, 1.165) is 36.1 Å². The molecule has 1 fully saturated rings. The number of fused-ring (bicyclic) bond motifs is 1. The molecule has 3 rings (SSSR count). The molecule has 0 aromatic carbocycles. The first-order valence-corrected chi connectivity index (χ1v) is 6.87. The lowest BCUT2D eigenvalue weighted by atomic mass is 9.88. The average molecular weight is 273 g/mol. The summed E-state index contributed by atoms with van der Waals surface area (Å²) in [5.41, 5.74) is 0.764. The normalized spacial score (nSPS) is 21.9. The molecule has 0 saturated carbocycles. The van der Waals surface area contributed by atoms with Crippen molar-refractivity contribution < 1.29 is 4.79 Å². The second-order valence-electron chi connectivity index (χ2n) is 5.91. The fraction of sp³-hybridized carbons (Fsp3) is 0.500. The lowest BCUT2D eigenvalue weighted by Gasteiger charge is -2.43. The van der Waals surface area contributed by atoms with Crippen LogP contribution in [0.15, 0.2) is 18.6 Å². The highest BCUT2D eigenvalue weighted by Gasteiger charge is 2.33. The van der Waals surface area contributed by atoms with Crippen molar-refractivity contribution in [2.45, 2.75) is 38.3 Å². The van der Waals surface area contributed by atoms with Crippen LogP contribution in [0.1, 0.15) is 26.7 Å². The molecular formula is C14H19N5O. The molecule has 0 aliphatic carbocycles. The topological polar surface area (TPSA) is 73.9 Å². The van der Waals surface area contributed by atoms with E-state index in [4.69, 9.17) is 0 Å². The van der Waals surface area contributed by atoms with Crippen molar-refractivity contribution in [3.63, 3.8) is 0 Å². The number of piperidine rings is 1. The van der Waals surface area contributed by atoms with Gasteiger partial charge in [-0.3, -0.25) is 4.79 Å². The van der Waals surface area contributed by atoms with Gasteiger partial charge in [-0.1, -0.05) is 0 Å². The molecule has 1 amide bonds. The van der Waals surface area contributed by atoms with Gasteiger partial charge in [0.2, 0.25) is 6.41 Å². The van der Waals surface area contributed by atoms with Crippen molar-refractivity contribution in [2.24, 2.45) is 0 Å². The van der Waals surface area contributed by atoms with Gasteiger partial charge in [-0.25, -0.2) is 9.97 Å². The summed E-state index contributed by atoms with van der Waals surface area (Å²) >= 11 is 0. The highest BCUT2D eigenvalue weighted by molar-refractivity contribution is 5.86. The summed E-state index contributed by atoms with van der Waals surface area (Å²) in [7, 11) is 0. The number of aromatic amines is 1. The largest absolute Gasteiger partial charge is 0.365 e. The molecule has 1 atom stereocenters. The number of nitrogens with one attached hydrogen (secondary N) is 2. The smallest absolute Gasteiger partial charge is 0.210 e. The molecule has 3 heterocycles. The number of hydrogen-bond acceptors (Lipinski definition) is 4. The molecule has 2 aromatic heterocycles. The maximum absolute atomic E-state index is 11.2. The van der Waals surface area contributed by atoms with Crippen LogP contribution in [0.25, 0.3) is 11.0 Å². The van der Waals surface area contributed by atoms with Crippen molar-refractivity contribution >= 4 is 23.3 Å². The summed E-state index contributed by atoms with van der Waals surface area (Å²) < 4.78 is 0. The van der Waals surface area contributed by atoms with E-state index >= 15 is 0 Å². The first-order chi connectivity index (χ1) is 9.60. The van der Waals surface area contributed by atoms with Crippen molar-refractivity contribution in [3.8, 4) is 0 Å². The molecule has 2 aromatic rings. The minimum absolute atomic E-state index is 0.0605. The molecule has 1 aliphatic rings. The zero-order valence-electron chi connectivity index (χ0n) is 11.8. The van der Waals surface area contributed by atoms with Crippen molar-refractivity contribution in [2.75, 3.05) is 11.9 Å². The summed E-state index contributed by atoms with van der Waals surface area (Å²) in [5, 5.41) is 4.42. The Morgan fingerprint density at radius 1 is 1.50 bits per heavy atom. The number of anilines is 1. The van der Waals surface area contributed by atoms with Crippen molar-refractivity contribution in [3.05, 3.63) is 18.6 Å². The Kier molecular flexibility index (Phi) is 3.08. The zero-order valence-corrected chi connectivity index (χ0v) is 11.8. The minimum Gasteiger partial charge on any atom is -0.365 e. The van der Waals surface area contributed by atoms with Gasteiger partial charge < -0.3 is 15.2 Å². The summed E-state index contributed by atoms with van der Waals surface area (Å²) in [5.74, 6) is 0.826. The van der Waals surface area contributed by atoms with Gasteiger partial charge in [0.1, 0.15) is 17.8 Å². The van der Waals surface area contributed by atoms with Crippen LogP contribution < -0.4 is 5.32 Å². The SMILES string of the molecule is CC1(C)CCC(Nc2ncnc3[nH]ccc23)CN1C=O. The van der Waals surface area contributed by atoms with Crippen LogP contribution in [0.3, 0.4) is 0 Å². The van der Waals surface area contributed by atoms with Crippen molar-refractivity contribution in [1.82, 2.24) is 19.9 Å². The summed E-state index contributed by atoms with van der Waals surface area (Å²) in [6.07, 6.45) is 6.34. The first kappa shape index (κ1) is 12.9. The Balaban J connectivity index is 1.79. The van der Waals surface area contributed by atoms with Crippen LogP contribution in [-0.4, -0.2) is 44.4 Å². The first-order valence-electron chi connectivity index (χ1n) is 6.87. The number of hydrogen-bond donors (Lipinski definition) is 2. The highest BCUT2D eigenvalue weighted by atomic mass is 16.1. The molecule has 1 aliphatic heterocycles. The highest BCUT2D eigenvalue weighted by Crippen LogP contribution is 2.28. The second kappa shape index (κ2) is 4.77. The number of aromatic nitrogens is 3. The fourth-order valence-electron chi connectivity index (χ4n) is 2.73. The number of likely N-dealkylation sites (tertiary alicyclic amines) is 1. The Bertz CT molecular complexity index is 621. The number of carbonyl (C=O) groups is 1. The van der Waals surface area contributed by atoms with Crippen LogP contribution >= 0.6 is 0 Å². The molecule has 6 nitrogen and oxygen atoms in total. The molecule has 0 spiro atoms. The van der Waals surface area contributed by atoms with Gasteiger partial charge in [0.25, 0.3) is 0 Å². The fourth-order valence-corrected chi connectivity index (χ4v) is 2.73. The number of nitrogens with zero attached hydrogens (tertiary/aromatic N) is 3. The van der Waals surface area contributed by atoms with E-state index in [0.29, 0.717) is 6.54 Å². The number of H-pyrrole nitrogens is 1. The van der Waals surface area contributed by atoms with Gasteiger partial charge in [-0.15, -0.1) is 0 Å². The maximum atomic E-state index is 11.2. The van der Waals surface area contributed by atoms with Gasteiger partial charge in [-0.2, -0.15) is 0 Å². The lowest BCUT2D eigenvalue weighted by Crippen LogP contribution is -2.53. The minimum atomic E-state index is -0.0605.